The van der Waals surface area contributed by atoms with Crippen molar-refractivity contribution in [2.24, 2.45) is 5.92 Å². The van der Waals surface area contributed by atoms with Crippen LogP contribution in [0, 0.1) is 5.92 Å². The van der Waals surface area contributed by atoms with Crippen molar-refractivity contribution in [2.75, 3.05) is 39.3 Å². The molecule has 0 spiro atoms. The quantitative estimate of drug-likeness (QED) is 0.858. The Balaban J connectivity index is 1.41. The number of nitrogens with one attached hydrogen (secondary N) is 1. The number of hydrogen-bond acceptors (Lipinski definition) is 4. The van der Waals surface area contributed by atoms with E-state index in [1.54, 1.807) is 0 Å². The number of benzene rings is 1. The Kier molecular flexibility index (Phi) is 4.57. The van der Waals surface area contributed by atoms with Crippen LogP contribution in [-0.4, -0.2) is 72.2 Å². The summed E-state index contributed by atoms with van der Waals surface area (Å²) < 4.78 is 0. The Labute approximate surface area is 143 Å². The van der Waals surface area contributed by atoms with Gasteiger partial charge in [-0.3, -0.25) is 9.69 Å². The molecule has 4 aliphatic rings. The lowest BCUT2D eigenvalue weighted by atomic mass is 9.78. The fourth-order valence-corrected chi connectivity index (χ4v) is 4.45. The summed E-state index contributed by atoms with van der Waals surface area (Å²) in [7, 11) is 0. The van der Waals surface area contributed by atoms with Crippen molar-refractivity contribution in [3.05, 3.63) is 35.4 Å². The smallest absolute Gasteiger partial charge is 0.253 e. The van der Waals surface area contributed by atoms with Gasteiger partial charge in [0.15, 0.2) is 0 Å². The van der Waals surface area contributed by atoms with Crippen LogP contribution >= 0.6 is 0 Å². The van der Waals surface area contributed by atoms with Crippen molar-refractivity contribution >= 4 is 5.91 Å². The molecule has 0 aromatic heterocycles. The third kappa shape index (κ3) is 3.08. The van der Waals surface area contributed by atoms with Crippen LogP contribution < -0.4 is 5.32 Å². The van der Waals surface area contributed by atoms with Crippen molar-refractivity contribution in [3.63, 3.8) is 0 Å². The molecule has 4 aliphatic heterocycles. The molecule has 2 unspecified atom stereocenters. The van der Waals surface area contributed by atoms with E-state index in [0.717, 1.165) is 64.1 Å². The average molecular weight is 329 g/mol. The molecule has 4 saturated heterocycles. The molecular formula is C19H27N3O2. The Morgan fingerprint density at radius 1 is 1.08 bits per heavy atom. The third-order valence-electron chi connectivity index (χ3n) is 5.97. The number of hydrogen-bond donors (Lipinski definition) is 2. The number of fused-ring (bicyclic) bond motifs is 3. The highest BCUT2D eigenvalue weighted by Gasteiger charge is 2.40. The predicted molar refractivity (Wildman–Crippen MR) is 93.0 cm³/mol. The first-order valence-electron chi connectivity index (χ1n) is 9.23. The van der Waals surface area contributed by atoms with Gasteiger partial charge in [0, 0.05) is 37.8 Å². The first-order chi connectivity index (χ1) is 11.7. The number of nitrogens with zero attached hydrogens (tertiary/aromatic N) is 2. The van der Waals surface area contributed by atoms with Crippen LogP contribution in [0.3, 0.4) is 0 Å². The number of piperidine rings is 3. The van der Waals surface area contributed by atoms with Gasteiger partial charge in [-0.15, -0.1) is 0 Å². The molecule has 4 heterocycles. The largest absolute Gasteiger partial charge is 0.391 e. The highest BCUT2D eigenvalue weighted by Crippen LogP contribution is 2.33. The van der Waals surface area contributed by atoms with E-state index < -0.39 is 0 Å². The lowest BCUT2D eigenvalue weighted by Gasteiger charge is -2.49. The van der Waals surface area contributed by atoms with Crippen LogP contribution in [0.4, 0.5) is 0 Å². The molecule has 0 aliphatic carbocycles. The van der Waals surface area contributed by atoms with Gasteiger partial charge in [0.05, 0.1) is 6.10 Å². The number of aliphatic hydroxyl groups is 1. The van der Waals surface area contributed by atoms with E-state index in [0.29, 0.717) is 5.92 Å². The Hall–Kier alpha value is -1.43. The van der Waals surface area contributed by atoms with Crippen LogP contribution in [-0.2, 0) is 6.42 Å². The molecule has 1 amide bonds. The van der Waals surface area contributed by atoms with Gasteiger partial charge in [-0.1, -0.05) is 12.1 Å². The zero-order valence-electron chi connectivity index (χ0n) is 14.2. The summed E-state index contributed by atoms with van der Waals surface area (Å²) in [6.07, 6.45) is 2.94. The molecule has 5 nitrogen and oxygen atoms in total. The van der Waals surface area contributed by atoms with Crippen LogP contribution in [0.25, 0.3) is 0 Å². The molecular weight excluding hydrogens is 302 g/mol. The van der Waals surface area contributed by atoms with Gasteiger partial charge in [0.2, 0.25) is 0 Å². The number of aliphatic hydroxyl groups excluding tert-OH is 1. The minimum absolute atomic E-state index is 0.128. The summed E-state index contributed by atoms with van der Waals surface area (Å²) in [5, 5.41) is 13.8. The van der Waals surface area contributed by atoms with Gasteiger partial charge >= 0.3 is 0 Å². The highest BCUT2D eigenvalue weighted by molar-refractivity contribution is 5.94. The van der Waals surface area contributed by atoms with Crippen molar-refractivity contribution in [1.82, 2.24) is 15.1 Å². The van der Waals surface area contributed by atoms with Gasteiger partial charge < -0.3 is 15.3 Å². The maximum absolute atomic E-state index is 12.5. The van der Waals surface area contributed by atoms with Gasteiger partial charge in [0.25, 0.3) is 5.91 Å². The maximum Gasteiger partial charge on any atom is 0.253 e. The van der Waals surface area contributed by atoms with Crippen LogP contribution in [0.5, 0.6) is 0 Å². The number of carbonyl (C=O) groups is 1. The molecule has 4 fully saturated rings. The Morgan fingerprint density at radius 3 is 2.38 bits per heavy atom. The monoisotopic (exact) mass is 329 g/mol. The van der Waals surface area contributed by atoms with Crippen molar-refractivity contribution < 1.29 is 9.90 Å². The molecule has 0 radical (unpaired) electrons. The first kappa shape index (κ1) is 16.1. The topological polar surface area (TPSA) is 55.8 Å². The summed E-state index contributed by atoms with van der Waals surface area (Å²) in [6, 6.07) is 8.26. The molecule has 5 heteroatoms. The van der Waals surface area contributed by atoms with Gasteiger partial charge in [0.1, 0.15) is 0 Å². The molecule has 2 atom stereocenters. The van der Waals surface area contributed by atoms with E-state index in [9.17, 15) is 9.90 Å². The fraction of sp³-hybridized carbons (Fsp3) is 0.632. The van der Waals surface area contributed by atoms with E-state index in [-0.39, 0.29) is 18.1 Å². The molecule has 130 valence electrons. The van der Waals surface area contributed by atoms with Crippen molar-refractivity contribution in [1.29, 1.82) is 0 Å². The average Bonchev–Trinajstić information content (AvgIpc) is 2.66. The fourth-order valence-electron chi connectivity index (χ4n) is 4.45. The van der Waals surface area contributed by atoms with Gasteiger partial charge in [-0.2, -0.15) is 0 Å². The van der Waals surface area contributed by atoms with E-state index >= 15 is 0 Å². The van der Waals surface area contributed by atoms with Crippen molar-refractivity contribution in [2.45, 2.75) is 31.4 Å². The second kappa shape index (κ2) is 6.82. The van der Waals surface area contributed by atoms with Crippen LogP contribution in [0.15, 0.2) is 24.3 Å². The minimum atomic E-state index is -0.199. The molecule has 24 heavy (non-hydrogen) atoms. The van der Waals surface area contributed by atoms with Gasteiger partial charge in [-0.05, 0) is 56.0 Å². The number of rotatable bonds is 3. The molecule has 1 aromatic rings. The van der Waals surface area contributed by atoms with E-state index in [1.807, 2.05) is 17.0 Å². The molecule has 1 aromatic carbocycles. The molecule has 2 bridgehead atoms. The standard InChI is InChI=1S/C19H27N3O2/c23-18-15-5-9-21(10-6-15)17(18)13-14-1-3-16(4-2-14)19(24)22-11-7-20-8-12-22/h1-4,15,17-18,20,23H,5-13H2. The van der Waals surface area contributed by atoms with Crippen molar-refractivity contribution in [3.8, 4) is 0 Å². The first-order valence-corrected chi connectivity index (χ1v) is 9.23. The lowest BCUT2D eigenvalue weighted by molar-refractivity contribution is -0.0715. The van der Waals surface area contributed by atoms with E-state index in [4.69, 9.17) is 0 Å². The summed E-state index contributed by atoms with van der Waals surface area (Å²) in [6.45, 7) is 5.55. The minimum Gasteiger partial charge on any atom is -0.391 e. The normalized spacial score (nSPS) is 32.8. The van der Waals surface area contributed by atoms with Crippen LogP contribution in [0.1, 0.15) is 28.8 Å². The Morgan fingerprint density at radius 2 is 1.75 bits per heavy atom. The maximum atomic E-state index is 12.5. The van der Waals surface area contributed by atoms with E-state index in [2.05, 4.69) is 22.3 Å². The zero-order valence-corrected chi connectivity index (χ0v) is 14.2. The van der Waals surface area contributed by atoms with Gasteiger partial charge in [-0.25, -0.2) is 0 Å². The number of piperazine rings is 1. The third-order valence-corrected chi connectivity index (χ3v) is 5.97. The Bertz CT molecular complexity index is 573. The second-order valence-electron chi connectivity index (χ2n) is 7.37. The molecule has 5 rings (SSSR count). The summed E-state index contributed by atoms with van der Waals surface area (Å²) >= 11 is 0. The second-order valence-corrected chi connectivity index (χ2v) is 7.37. The highest BCUT2D eigenvalue weighted by atomic mass is 16.3. The summed E-state index contributed by atoms with van der Waals surface area (Å²) in [4.78, 5) is 16.9. The summed E-state index contributed by atoms with van der Waals surface area (Å²) in [5.41, 5.74) is 1.98. The summed E-state index contributed by atoms with van der Waals surface area (Å²) in [5.74, 6) is 0.608. The zero-order chi connectivity index (χ0) is 16.5. The van der Waals surface area contributed by atoms with E-state index in [1.165, 1.54) is 5.56 Å². The molecule has 2 N–H and O–H groups in total. The molecule has 0 saturated carbocycles. The SMILES string of the molecule is O=C(c1ccc(CC2C(O)C3CCN2CC3)cc1)N1CCNCC1. The predicted octanol–water partition coefficient (Wildman–Crippen LogP) is 0.730. The van der Waals surface area contributed by atoms with Crippen LogP contribution in [0.2, 0.25) is 0 Å². The lowest BCUT2D eigenvalue weighted by Crippen LogP contribution is -2.58. The number of amides is 1. The number of carbonyl (C=O) groups excluding carboxylic acids is 1.